The van der Waals surface area contributed by atoms with E-state index in [0.29, 0.717) is 0 Å². The lowest BCUT2D eigenvalue weighted by molar-refractivity contribution is 0.235. The van der Waals surface area contributed by atoms with Gasteiger partial charge < -0.3 is 5.32 Å². The maximum Gasteiger partial charge on any atom is 0.136 e. The van der Waals surface area contributed by atoms with Crippen LogP contribution in [0.25, 0.3) is 0 Å². The lowest BCUT2D eigenvalue weighted by atomic mass is 10.00. The number of fused-ring (bicyclic) bond motifs is 1. The van der Waals surface area contributed by atoms with Crippen LogP contribution in [0.15, 0.2) is 18.5 Å². The molecule has 0 aliphatic carbocycles. The molecule has 0 atom stereocenters. The van der Waals surface area contributed by atoms with Crippen LogP contribution in [-0.4, -0.2) is 42.6 Å². The van der Waals surface area contributed by atoms with Crippen LogP contribution < -0.4 is 10.6 Å². The molecule has 85 valence electrons. The highest BCUT2D eigenvalue weighted by molar-refractivity contribution is 5.37. The zero-order chi connectivity index (χ0) is 10.8. The van der Waals surface area contributed by atoms with E-state index >= 15 is 0 Å². The molecule has 3 heterocycles. The SMILES string of the molecule is c1cc2c(cn1)[C](N1CCNCC1)NCC2. The van der Waals surface area contributed by atoms with Crippen LogP contribution in [0.2, 0.25) is 0 Å². The Bertz CT molecular complexity index is 360. The summed E-state index contributed by atoms with van der Waals surface area (Å²) in [4.78, 5) is 6.67. The molecule has 2 N–H and O–H groups in total. The molecule has 0 amide bonds. The van der Waals surface area contributed by atoms with E-state index in [9.17, 15) is 0 Å². The average molecular weight is 217 g/mol. The Balaban J connectivity index is 1.86. The highest BCUT2D eigenvalue weighted by atomic mass is 15.3. The number of nitrogens with zero attached hydrogens (tertiary/aromatic N) is 2. The van der Waals surface area contributed by atoms with Gasteiger partial charge in [-0.15, -0.1) is 0 Å². The van der Waals surface area contributed by atoms with Crippen molar-refractivity contribution in [3.8, 4) is 0 Å². The molecule has 1 radical (unpaired) electrons. The molecule has 1 aromatic rings. The average Bonchev–Trinajstić information content (AvgIpc) is 2.39. The van der Waals surface area contributed by atoms with Crippen molar-refractivity contribution in [3.05, 3.63) is 35.8 Å². The largest absolute Gasteiger partial charge is 0.314 e. The van der Waals surface area contributed by atoms with Crippen LogP contribution in [0.4, 0.5) is 0 Å². The lowest BCUT2D eigenvalue weighted by Gasteiger charge is -2.37. The summed E-state index contributed by atoms with van der Waals surface area (Å²) in [5, 5.41) is 6.90. The van der Waals surface area contributed by atoms with Gasteiger partial charge in [-0.2, -0.15) is 0 Å². The van der Waals surface area contributed by atoms with Gasteiger partial charge in [-0.3, -0.25) is 15.2 Å². The predicted molar refractivity (Wildman–Crippen MR) is 62.7 cm³/mol. The molecular formula is C12H17N4. The Hall–Kier alpha value is -0.970. The molecule has 3 rings (SSSR count). The molecule has 0 spiro atoms. The van der Waals surface area contributed by atoms with Crippen molar-refractivity contribution in [3.63, 3.8) is 0 Å². The first-order chi connectivity index (χ1) is 7.95. The molecule has 0 unspecified atom stereocenters. The third-order valence-corrected chi connectivity index (χ3v) is 3.29. The summed E-state index contributed by atoms with van der Waals surface area (Å²) in [5.41, 5.74) is 2.71. The van der Waals surface area contributed by atoms with Gasteiger partial charge in [0.05, 0.1) is 0 Å². The van der Waals surface area contributed by atoms with Gasteiger partial charge in [0.15, 0.2) is 0 Å². The molecule has 1 aromatic heterocycles. The highest BCUT2D eigenvalue weighted by Gasteiger charge is 2.27. The highest BCUT2D eigenvalue weighted by Crippen LogP contribution is 2.24. The molecule has 0 bridgehead atoms. The first kappa shape index (κ1) is 10.2. The fraction of sp³-hybridized carbons (Fsp3) is 0.500. The van der Waals surface area contributed by atoms with E-state index in [4.69, 9.17) is 0 Å². The monoisotopic (exact) mass is 217 g/mol. The standard InChI is InChI=1S/C12H17N4/c1-3-14-9-11-10(1)2-4-15-12(11)16-7-5-13-6-8-16/h1,3,9,13,15H,2,4-8H2. The van der Waals surface area contributed by atoms with Crippen LogP contribution >= 0.6 is 0 Å². The van der Waals surface area contributed by atoms with Gasteiger partial charge in [-0.1, -0.05) is 0 Å². The normalized spacial score (nSPS) is 23.0. The molecule has 4 heteroatoms. The maximum absolute atomic E-state index is 4.24. The van der Waals surface area contributed by atoms with Crippen molar-refractivity contribution in [2.45, 2.75) is 6.42 Å². The number of piperazine rings is 1. The Morgan fingerprint density at radius 1 is 1.19 bits per heavy atom. The first-order valence-electron chi connectivity index (χ1n) is 5.95. The number of rotatable bonds is 1. The van der Waals surface area contributed by atoms with E-state index < -0.39 is 0 Å². The topological polar surface area (TPSA) is 40.2 Å². The van der Waals surface area contributed by atoms with Gasteiger partial charge >= 0.3 is 0 Å². The molecular weight excluding hydrogens is 200 g/mol. The van der Waals surface area contributed by atoms with Crippen LogP contribution in [0.5, 0.6) is 0 Å². The number of aromatic nitrogens is 1. The van der Waals surface area contributed by atoms with Crippen molar-refractivity contribution in [1.29, 1.82) is 0 Å². The second kappa shape index (κ2) is 4.49. The molecule has 0 saturated carbocycles. The number of hydrogen-bond donors (Lipinski definition) is 2. The fourth-order valence-electron chi connectivity index (χ4n) is 2.44. The molecule has 16 heavy (non-hydrogen) atoms. The van der Waals surface area contributed by atoms with E-state index in [1.807, 2.05) is 12.4 Å². The van der Waals surface area contributed by atoms with Gasteiger partial charge in [0.25, 0.3) is 0 Å². The Labute approximate surface area is 96.1 Å². The van der Waals surface area contributed by atoms with Crippen LogP contribution in [0, 0.1) is 6.17 Å². The van der Waals surface area contributed by atoms with Crippen molar-refractivity contribution >= 4 is 0 Å². The van der Waals surface area contributed by atoms with E-state index in [2.05, 4.69) is 26.6 Å². The molecule has 2 aliphatic rings. The summed E-state index contributed by atoms with van der Waals surface area (Å²) < 4.78 is 0. The van der Waals surface area contributed by atoms with Gasteiger partial charge in [0, 0.05) is 50.7 Å². The van der Waals surface area contributed by atoms with Crippen molar-refractivity contribution in [2.24, 2.45) is 0 Å². The smallest absolute Gasteiger partial charge is 0.136 e. The van der Waals surface area contributed by atoms with Crippen LogP contribution in [0.3, 0.4) is 0 Å². The zero-order valence-electron chi connectivity index (χ0n) is 9.37. The Morgan fingerprint density at radius 2 is 2.06 bits per heavy atom. The molecule has 4 nitrogen and oxygen atoms in total. The first-order valence-corrected chi connectivity index (χ1v) is 5.95. The van der Waals surface area contributed by atoms with Crippen molar-refractivity contribution < 1.29 is 0 Å². The minimum Gasteiger partial charge on any atom is -0.314 e. The number of pyridine rings is 1. The van der Waals surface area contributed by atoms with Crippen LogP contribution in [0.1, 0.15) is 11.1 Å². The van der Waals surface area contributed by atoms with E-state index in [-0.39, 0.29) is 0 Å². The second-order valence-electron chi connectivity index (χ2n) is 4.30. The minimum absolute atomic E-state index is 1.04. The van der Waals surface area contributed by atoms with E-state index in [1.165, 1.54) is 17.3 Å². The van der Waals surface area contributed by atoms with Gasteiger partial charge in [-0.25, -0.2) is 0 Å². The fourth-order valence-corrected chi connectivity index (χ4v) is 2.44. The summed E-state index contributed by atoms with van der Waals surface area (Å²) in [6.45, 7) is 5.34. The molecule has 1 saturated heterocycles. The molecule has 0 aromatic carbocycles. The second-order valence-corrected chi connectivity index (χ2v) is 4.30. The summed E-state index contributed by atoms with van der Waals surface area (Å²) in [6.07, 6.45) is 6.25. The summed E-state index contributed by atoms with van der Waals surface area (Å²) in [6, 6.07) is 2.14. The zero-order valence-corrected chi connectivity index (χ0v) is 9.37. The number of nitrogens with one attached hydrogen (secondary N) is 2. The lowest BCUT2D eigenvalue weighted by Crippen LogP contribution is -2.51. The van der Waals surface area contributed by atoms with Gasteiger partial charge in [0.2, 0.25) is 0 Å². The minimum atomic E-state index is 1.04. The van der Waals surface area contributed by atoms with E-state index in [1.54, 1.807) is 0 Å². The van der Waals surface area contributed by atoms with Crippen LogP contribution in [-0.2, 0) is 6.42 Å². The van der Waals surface area contributed by atoms with E-state index in [0.717, 1.165) is 39.1 Å². The van der Waals surface area contributed by atoms with Crippen molar-refractivity contribution in [2.75, 3.05) is 32.7 Å². The summed E-state index contributed by atoms with van der Waals surface area (Å²) in [5.74, 6) is 0. The molecule has 1 fully saturated rings. The quantitative estimate of drug-likeness (QED) is 0.693. The van der Waals surface area contributed by atoms with Gasteiger partial charge in [-0.05, 0) is 18.1 Å². The Kier molecular flexibility index (Phi) is 2.86. The summed E-state index contributed by atoms with van der Waals surface area (Å²) >= 11 is 0. The number of hydrogen-bond acceptors (Lipinski definition) is 4. The molecule has 2 aliphatic heterocycles. The maximum atomic E-state index is 4.24. The summed E-state index contributed by atoms with van der Waals surface area (Å²) in [7, 11) is 0. The Morgan fingerprint density at radius 3 is 2.94 bits per heavy atom. The van der Waals surface area contributed by atoms with Gasteiger partial charge in [0.1, 0.15) is 6.17 Å². The predicted octanol–water partition coefficient (Wildman–Crippen LogP) is -0.0299. The third-order valence-electron chi connectivity index (χ3n) is 3.29. The third kappa shape index (κ3) is 1.84. The van der Waals surface area contributed by atoms with Crippen molar-refractivity contribution in [1.82, 2.24) is 20.5 Å².